The van der Waals surface area contributed by atoms with Crippen molar-refractivity contribution in [3.63, 3.8) is 0 Å². The Morgan fingerprint density at radius 2 is 2.11 bits per heavy atom. The van der Waals surface area contributed by atoms with Gasteiger partial charge in [-0.25, -0.2) is 9.80 Å². The third-order valence-corrected chi connectivity index (χ3v) is 2.90. The Hall–Kier alpha value is -2.04. The number of carbonyl (C=O) groups excluding carboxylic acids is 2. The van der Waals surface area contributed by atoms with E-state index in [-0.39, 0.29) is 18.6 Å². The number of nitrogens with zero attached hydrogens (tertiary/aromatic N) is 1. The minimum Gasteiger partial charge on any atom is -0.446 e. The van der Waals surface area contributed by atoms with Gasteiger partial charge in [-0.2, -0.15) is 0 Å². The molecule has 1 N–H and O–H groups in total. The maximum atomic E-state index is 11.6. The van der Waals surface area contributed by atoms with Crippen molar-refractivity contribution in [1.29, 1.82) is 0 Å². The minimum atomic E-state index is -0.512. The molecule has 2 amide bonds. The molecular formula is C13H16N2O3. The van der Waals surface area contributed by atoms with Crippen LogP contribution in [0.5, 0.6) is 0 Å². The summed E-state index contributed by atoms with van der Waals surface area (Å²) < 4.78 is 4.98. The first-order chi connectivity index (χ1) is 8.61. The highest BCUT2D eigenvalue weighted by atomic mass is 16.6. The molecule has 5 heteroatoms. The fourth-order valence-corrected chi connectivity index (χ4v) is 1.79. The highest BCUT2D eigenvalue weighted by molar-refractivity contribution is 5.79. The van der Waals surface area contributed by atoms with Crippen LogP contribution >= 0.6 is 0 Å². The van der Waals surface area contributed by atoms with Gasteiger partial charge < -0.3 is 4.74 Å². The van der Waals surface area contributed by atoms with E-state index in [1.54, 1.807) is 6.92 Å². The van der Waals surface area contributed by atoms with E-state index in [0.717, 1.165) is 11.1 Å². The molecule has 1 saturated heterocycles. The normalized spacial score (nSPS) is 18.7. The van der Waals surface area contributed by atoms with Gasteiger partial charge in [0.2, 0.25) is 5.91 Å². The molecule has 0 spiro atoms. The quantitative estimate of drug-likeness (QED) is 0.889. The predicted molar refractivity (Wildman–Crippen MR) is 65.5 cm³/mol. The smallest absolute Gasteiger partial charge is 0.429 e. The van der Waals surface area contributed by atoms with Crippen LogP contribution < -0.4 is 5.43 Å². The van der Waals surface area contributed by atoms with Gasteiger partial charge in [0.25, 0.3) is 0 Å². The molecule has 1 heterocycles. The number of carbonyl (C=O) groups is 2. The molecule has 0 saturated carbocycles. The molecule has 1 atom stereocenters. The molecule has 1 aliphatic heterocycles. The van der Waals surface area contributed by atoms with Gasteiger partial charge in [0.15, 0.2) is 0 Å². The Kier molecular flexibility index (Phi) is 3.50. The van der Waals surface area contributed by atoms with E-state index in [9.17, 15) is 9.59 Å². The van der Waals surface area contributed by atoms with E-state index < -0.39 is 6.09 Å². The monoisotopic (exact) mass is 248 g/mol. The van der Waals surface area contributed by atoms with Crippen molar-refractivity contribution >= 4 is 12.0 Å². The van der Waals surface area contributed by atoms with Gasteiger partial charge in [-0.15, -0.1) is 0 Å². The predicted octanol–water partition coefficient (Wildman–Crippen LogP) is 1.93. The second-order valence-electron chi connectivity index (χ2n) is 4.26. The zero-order valence-electron chi connectivity index (χ0n) is 10.5. The van der Waals surface area contributed by atoms with Gasteiger partial charge in [0, 0.05) is 6.42 Å². The summed E-state index contributed by atoms with van der Waals surface area (Å²) in [6.45, 7) is 3.99. The molecule has 1 fully saturated rings. The van der Waals surface area contributed by atoms with E-state index in [0.29, 0.717) is 6.42 Å². The molecule has 18 heavy (non-hydrogen) atoms. The molecule has 1 aromatic carbocycles. The Morgan fingerprint density at radius 1 is 1.44 bits per heavy atom. The number of hydrogen-bond donors (Lipinski definition) is 1. The lowest BCUT2D eigenvalue weighted by atomic mass is 10.1. The molecule has 0 aliphatic carbocycles. The van der Waals surface area contributed by atoms with Crippen molar-refractivity contribution in [1.82, 2.24) is 10.4 Å². The van der Waals surface area contributed by atoms with Gasteiger partial charge in [-0.05, 0) is 12.5 Å². The average molecular weight is 248 g/mol. The summed E-state index contributed by atoms with van der Waals surface area (Å²) in [6.07, 6.45) is -0.188. The Bertz CT molecular complexity index is 456. The molecule has 1 aliphatic rings. The topological polar surface area (TPSA) is 58.6 Å². The molecule has 0 bridgehead atoms. The van der Waals surface area contributed by atoms with Gasteiger partial charge in [0.05, 0.1) is 0 Å². The third kappa shape index (κ3) is 2.45. The number of cyclic esters (lactones) is 1. The second-order valence-corrected chi connectivity index (χ2v) is 4.26. The van der Waals surface area contributed by atoms with Crippen LogP contribution in [0.3, 0.4) is 0 Å². The lowest BCUT2D eigenvalue weighted by Crippen LogP contribution is -2.43. The molecular weight excluding hydrogens is 232 g/mol. The summed E-state index contributed by atoms with van der Waals surface area (Å²) in [4.78, 5) is 22.9. The largest absolute Gasteiger partial charge is 0.446 e. The third-order valence-electron chi connectivity index (χ3n) is 2.90. The lowest BCUT2D eigenvalue weighted by Gasteiger charge is -2.21. The zero-order valence-corrected chi connectivity index (χ0v) is 10.5. The van der Waals surface area contributed by atoms with Gasteiger partial charge >= 0.3 is 6.09 Å². The standard InChI is InChI=1S/C13H16N2O3/c1-3-12(16)14-15-11(8-18-13(15)17)10-6-4-9(2)5-7-10/h4-7,11H,3,8H2,1-2H3,(H,14,16). The molecule has 96 valence electrons. The SMILES string of the molecule is CCC(=O)NN1C(=O)OCC1c1ccc(C)cc1. The summed E-state index contributed by atoms with van der Waals surface area (Å²) in [5.74, 6) is -0.203. The number of nitrogens with one attached hydrogen (secondary N) is 1. The van der Waals surface area contributed by atoms with E-state index in [4.69, 9.17) is 4.74 Å². The summed E-state index contributed by atoms with van der Waals surface area (Å²) >= 11 is 0. The van der Waals surface area contributed by atoms with Crippen LogP contribution in [-0.2, 0) is 9.53 Å². The van der Waals surface area contributed by atoms with E-state index in [1.165, 1.54) is 5.01 Å². The number of benzene rings is 1. The van der Waals surface area contributed by atoms with Crippen LogP contribution in [-0.4, -0.2) is 23.6 Å². The molecule has 1 unspecified atom stereocenters. The maximum absolute atomic E-state index is 11.6. The van der Waals surface area contributed by atoms with Crippen LogP contribution in [0.1, 0.15) is 30.5 Å². The number of hydrogen-bond acceptors (Lipinski definition) is 3. The first-order valence-corrected chi connectivity index (χ1v) is 5.94. The van der Waals surface area contributed by atoms with Crippen molar-refractivity contribution < 1.29 is 14.3 Å². The van der Waals surface area contributed by atoms with E-state index in [2.05, 4.69) is 5.43 Å². The van der Waals surface area contributed by atoms with Crippen LogP contribution in [0.15, 0.2) is 24.3 Å². The molecule has 0 radical (unpaired) electrons. The number of amides is 2. The summed E-state index contributed by atoms with van der Waals surface area (Å²) in [7, 11) is 0. The molecule has 1 aromatic rings. The second kappa shape index (κ2) is 5.08. The summed E-state index contributed by atoms with van der Waals surface area (Å²) in [5.41, 5.74) is 4.65. The molecule has 2 rings (SSSR count). The molecule has 5 nitrogen and oxygen atoms in total. The first kappa shape index (κ1) is 12.4. The van der Waals surface area contributed by atoms with Crippen LogP contribution in [0, 0.1) is 6.92 Å². The van der Waals surface area contributed by atoms with Crippen molar-refractivity contribution in [3.8, 4) is 0 Å². The highest BCUT2D eigenvalue weighted by Gasteiger charge is 2.35. The Balaban J connectivity index is 2.18. The number of hydrazine groups is 1. The van der Waals surface area contributed by atoms with Gasteiger partial charge in [0.1, 0.15) is 12.6 Å². The fraction of sp³-hybridized carbons (Fsp3) is 0.385. The van der Waals surface area contributed by atoms with Crippen molar-refractivity contribution in [2.24, 2.45) is 0 Å². The van der Waals surface area contributed by atoms with E-state index >= 15 is 0 Å². The Labute approximate surface area is 106 Å². The maximum Gasteiger partial charge on any atom is 0.429 e. The van der Waals surface area contributed by atoms with Crippen LogP contribution in [0.25, 0.3) is 0 Å². The summed E-state index contributed by atoms with van der Waals surface area (Å²) in [5, 5.41) is 1.26. The number of ether oxygens (including phenoxy) is 1. The van der Waals surface area contributed by atoms with Gasteiger partial charge in [-0.3, -0.25) is 10.2 Å². The fourth-order valence-electron chi connectivity index (χ4n) is 1.79. The Morgan fingerprint density at radius 3 is 2.72 bits per heavy atom. The van der Waals surface area contributed by atoms with Crippen LogP contribution in [0.2, 0.25) is 0 Å². The van der Waals surface area contributed by atoms with Crippen molar-refractivity contribution in [2.75, 3.05) is 6.61 Å². The number of aryl methyl sites for hydroxylation is 1. The summed E-state index contributed by atoms with van der Waals surface area (Å²) in [6, 6.07) is 7.56. The van der Waals surface area contributed by atoms with E-state index in [1.807, 2.05) is 31.2 Å². The minimum absolute atomic E-state index is 0.203. The number of rotatable bonds is 3. The average Bonchev–Trinajstić information content (AvgIpc) is 2.72. The van der Waals surface area contributed by atoms with Crippen LogP contribution in [0.4, 0.5) is 4.79 Å². The lowest BCUT2D eigenvalue weighted by molar-refractivity contribution is -0.124. The molecule has 0 aromatic heterocycles. The highest BCUT2D eigenvalue weighted by Crippen LogP contribution is 2.26. The van der Waals surface area contributed by atoms with Crippen molar-refractivity contribution in [3.05, 3.63) is 35.4 Å². The van der Waals surface area contributed by atoms with Crippen molar-refractivity contribution in [2.45, 2.75) is 26.3 Å². The van der Waals surface area contributed by atoms with Gasteiger partial charge in [-0.1, -0.05) is 36.8 Å². The first-order valence-electron chi connectivity index (χ1n) is 5.94. The zero-order chi connectivity index (χ0) is 13.1.